The minimum absolute atomic E-state index is 0.00774. The fourth-order valence-corrected chi connectivity index (χ4v) is 1.86. The molecule has 0 spiro atoms. The number of nitrogens with two attached hydrogens (primary N) is 1. The summed E-state index contributed by atoms with van der Waals surface area (Å²) in [5, 5.41) is 13.5. The first-order valence-electron chi connectivity index (χ1n) is 6.13. The van der Waals surface area contributed by atoms with Crippen molar-refractivity contribution < 1.29 is 9.72 Å². The second kappa shape index (κ2) is 6.29. The molecule has 19 heavy (non-hydrogen) atoms. The Bertz CT molecular complexity index is 486. The standard InChI is InChI=1S/C13H19N3O3/c1-8(2)10(7-14)13(17)15-11-5-4-6-12(9(11)3)16(18)19/h4-6,8,10H,7,14H2,1-3H3,(H,15,17). The Morgan fingerprint density at radius 2 is 2.11 bits per heavy atom. The number of hydrogen-bond acceptors (Lipinski definition) is 4. The number of hydrogen-bond donors (Lipinski definition) is 2. The molecule has 6 nitrogen and oxygen atoms in total. The van der Waals surface area contributed by atoms with Crippen molar-refractivity contribution in [1.82, 2.24) is 0 Å². The van der Waals surface area contributed by atoms with Crippen LogP contribution in [0.5, 0.6) is 0 Å². The summed E-state index contributed by atoms with van der Waals surface area (Å²) in [6.45, 7) is 5.69. The second-order valence-electron chi connectivity index (χ2n) is 4.78. The highest BCUT2D eigenvalue weighted by Gasteiger charge is 2.22. The summed E-state index contributed by atoms with van der Waals surface area (Å²) >= 11 is 0. The second-order valence-corrected chi connectivity index (χ2v) is 4.78. The van der Waals surface area contributed by atoms with Crippen LogP contribution in [-0.4, -0.2) is 17.4 Å². The molecule has 0 fully saturated rings. The van der Waals surface area contributed by atoms with Gasteiger partial charge in [-0.2, -0.15) is 0 Å². The summed E-state index contributed by atoms with van der Waals surface area (Å²) in [5.41, 5.74) is 6.47. The molecule has 0 aliphatic heterocycles. The summed E-state index contributed by atoms with van der Waals surface area (Å²) in [7, 11) is 0. The van der Waals surface area contributed by atoms with Crippen molar-refractivity contribution in [3.8, 4) is 0 Å². The molecule has 0 saturated carbocycles. The van der Waals surface area contributed by atoms with Crippen molar-refractivity contribution in [1.29, 1.82) is 0 Å². The predicted molar refractivity (Wildman–Crippen MR) is 73.8 cm³/mol. The smallest absolute Gasteiger partial charge is 0.274 e. The monoisotopic (exact) mass is 265 g/mol. The Balaban J connectivity index is 2.97. The van der Waals surface area contributed by atoms with Crippen molar-refractivity contribution in [2.24, 2.45) is 17.6 Å². The number of anilines is 1. The number of nitrogens with zero attached hydrogens (tertiary/aromatic N) is 1. The quantitative estimate of drug-likeness (QED) is 0.629. The van der Waals surface area contributed by atoms with Crippen LogP contribution in [0.15, 0.2) is 18.2 Å². The van der Waals surface area contributed by atoms with Gasteiger partial charge in [-0.05, 0) is 18.9 Å². The Morgan fingerprint density at radius 1 is 1.47 bits per heavy atom. The fraction of sp³-hybridized carbons (Fsp3) is 0.462. The van der Waals surface area contributed by atoms with Crippen LogP contribution in [0.4, 0.5) is 11.4 Å². The first kappa shape index (κ1) is 15.1. The van der Waals surface area contributed by atoms with Gasteiger partial charge in [-0.25, -0.2) is 0 Å². The van der Waals surface area contributed by atoms with Crippen molar-refractivity contribution in [2.45, 2.75) is 20.8 Å². The molecular weight excluding hydrogens is 246 g/mol. The van der Waals surface area contributed by atoms with Crippen LogP contribution < -0.4 is 11.1 Å². The number of nitro groups is 1. The molecule has 6 heteroatoms. The zero-order chi connectivity index (χ0) is 14.6. The van der Waals surface area contributed by atoms with Gasteiger partial charge in [0.05, 0.1) is 22.1 Å². The normalized spacial score (nSPS) is 12.3. The number of nitrogens with one attached hydrogen (secondary N) is 1. The fourth-order valence-electron chi connectivity index (χ4n) is 1.86. The number of rotatable bonds is 5. The first-order valence-corrected chi connectivity index (χ1v) is 6.13. The summed E-state index contributed by atoms with van der Waals surface area (Å²) < 4.78 is 0. The lowest BCUT2D eigenvalue weighted by Gasteiger charge is -2.18. The molecule has 1 aromatic rings. The van der Waals surface area contributed by atoms with Crippen molar-refractivity contribution >= 4 is 17.3 Å². The molecule has 1 aromatic carbocycles. The molecule has 0 radical (unpaired) electrons. The van der Waals surface area contributed by atoms with E-state index in [0.29, 0.717) is 11.3 Å². The Hall–Kier alpha value is -1.95. The van der Waals surface area contributed by atoms with Gasteiger partial charge in [-0.3, -0.25) is 14.9 Å². The maximum atomic E-state index is 12.1. The molecule has 3 N–H and O–H groups in total. The SMILES string of the molecule is Cc1c(NC(=O)C(CN)C(C)C)cccc1[N+](=O)[O-]. The van der Waals surface area contributed by atoms with Gasteiger partial charge in [-0.15, -0.1) is 0 Å². The van der Waals surface area contributed by atoms with E-state index in [9.17, 15) is 14.9 Å². The van der Waals surface area contributed by atoms with Gasteiger partial charge in [0.25, 0.3) is 5.69 Å². The average molecular weight is 265 g/mol. The average Bonchev–Trinajstić information content (AvgIpc) is 2.31. The van der Waals surface area contributed by atoms with Gasteiger partial charge in [0.15, 0.2) is 0 Å². The van der Waals surface area contributed by atoms with E-state index in [1.165, 1.54) is 6.07 Å². The van der Waals surface area contributed by atoms with Crippen LogP contribution >= 0.6 is 0 Å². The van der Waals surface area contributed by atoms with Gasteiger partial charge in [0, 0.05) is 12.6 Å². The third-order valence-corrected chi connectivity index (χ3v) is 3.16. The topological polar surface area (TPSA) is 98.3 Å². The Morgan fingerprint density at radius 3 is 2.58 bits per heavy atom. The number of nitro benzene ring substituents is 1. The minimum atomic E-state index is -0.464. The number of benzene rings is 1. The predicted octanol–water partition coefficient (Wildman–Crippen LogP) is 2.07. The Labute approximate surface area is 112 Å². The molecule has 0 saturated heterocycles. The van der Waals surface area contributed by atoms with E-state index in [0.717, 1.165) is 0 Å². The van der Waals surface area contributed by atoms with Crippen LogP contribution in [0, 0.1) is 28.9 Å². The molecule has 0 bridgehead atoms. The van der Waals surface area contributed by atoms with E-state index in [2.05, 4.69) is 5.32 Å². The highest BCUT2D eigenvalue weighted by atomic mass is 16.6. The van der Waals surface area contributed by atoms with Crippen molar-refractivity contribution in [3.05, 3.63) is 33.9 Å². The largest absolute Gasteiger partial charge is 0.330 e. The molecule has 104 valence electrons. The van der Waals surface area contributed by atoms with E-state index in [4.69, 9.17) is 5.73 Å². The lowest BCUT2D eigenvalue weighted by molar-refractivity contribution is -0.385. The third kappa shape index (κ3) is 3.51. The minimum Gasteiger partial charge on any atom is -0.330 e. The number of carbonyl (C=O) groups is 1. The maximum Gasteiger partial charge on any atom is 0.274 e. The number of amides is 1. The first-order chi connectivity index (χ1) is 8.88. The van der Waals surface area contributed by atoms with Gasteiger partial charge >= 0.3 is 0 Å². The zero-order valence-corrected chi connectivity index (χ0v) is 11.3. The molecule has 0 heterocycles. The number of carbonyl (C=O) groups excluding carboxylic acids is 1. The third-order valence-electron chi connectivity index (χ3n) is 3.16. The van der Waals surface area contributed by atoms with Gasteiger partial charge in [0.2, 0.25) is 5.91 Å². The van der Waals surface area contributed by atoms with Crippen LogP contribution in [0.3, 0.4) is 0 Å². The molecule has 0 aliphatic carbocycles. The lowest BCUT2D eigenvalue weighted by atomic mass is 9.95. The molecule has 0 aliphatic rings. The van der Waals surface area contributed by atoms with Crippen LogP contribution in [-0.2, 0) is 4.79 Å². The molecule has 0 aromatic heterocycles. The Kier molecular flexibility index (Phi) is 5.00. The van der Waals surface area contributed by atoms with Crippen molar-refractivity contribution in [2.75, 3.05) is 11.9 Å². The summed E-state index contributed by atoms with van der Waals surface area (Å²) in [6.07, 6.45) is 0. The van der Waals surface area contributed by atoms with Crippen LogP contribution in [0.2, 0.25) is 0 Å². The molecular formula is C13H19N3O3. The highest BCUT2D eigenvalue weighted by molar-refractivity contribution is 5.94. The van der Waals surface area contributed by atoms with E-state index >= 15 is 0 Å². The van der Waals surface area contributed by atoms with Gasteiger partial charge in [0.1, 0.15) is 0 Å². The van der Waals surface area contributed by atoms with Crippen molar-refractivity contribution in [3.63, 3.8) is 0 Å². The molecule has 1 atom stereocenters. The van der Waals surface area contributed by atoms with E-state index in [-0.39, 0.29) is 30.0 Å². The van der Waals surface area contributed by atoms with E-state index < -0.39 is 4.92 Å². The molecule has 1 unspecified atom stereocenters. The van der Waals surface area contributed by atoms with Gasteiger partial charge in [-0.1, -0.05) is 19.9 Å². The van der Waals surface area contributed by atoms with Gasteiger partial charge < -0.3 is 11.1 Å². The summed E-state index contributed by atoms with van der Waals surface area (Å²) in [4.78, 5) is 22.4. The zero-order valence-electron chi connectivity index (χ0n) is 11.3. The highest BCUT2D eigenvalue weighted by Crippen LogP contribution is 2.25. The maximum absolute atomic E-state index is 12.1. The van der Waals surface area contributed by atoms with E-state index in [1.54, 1.807) is 19.1 Å². The van der Waals surface area contributed by atoms with E-state index in [1.807, 2.05) is 13.8 Å². The summed E-state index contributed by atoms with van der Waals surface area (Å²) in [5.74, 6) is -0.399. The lowest BCUT2D eigenvalue weighted by Crippen LogP contribution is -2.33. The van der Waals surface area contributed by atoms with Crippen LogP contribution in [0.25, 0.3) is 0 Å². The molecule has 1 amide bonds. The molecule has 1 rings (SSSR count). The summed E-state index contributed by atoms with van der Waals surface area (Å²) in [6, 6.07) is 4.61. The van der Waals surface area contributed by atoms with Crippen LogP contribution in [0.1, 0.15) is 19.4 Å².